The zero-order chi connectivity index (χ0) is 27.1. The molecule has 1 unspecified atom stereocenters. The summed E-state index contributed by atoms with van der Waals surface area (Å²) < 4.78 is 11.1. The molecule has 0 aliphatic rings. The molecule has 0 aromatic heterocycles. The van der Waals surface area contributed by atoms with E-state index < -0.39 is 5.97 Å². The van der Waals surface area contributed by atoms with Crippen molar-refractivity contribution in [3.05, 3.63) is 0 Å². The van der Waals surface area contributed by atoms with Crippen LogP contribution < -0.4 is 11.5 Å². The van der Waals surface area contributed by atoms with Gasteiger partial charge in [-0.2, -0.15) is 0 Å². The number of nitrogens with two attached hydrogens (primary N) is 2. The summed E-state index contributed by atoms with van der Waals surface area (Å²) in [6.45, 7) is 2.92. The molecule has 0 aromatic carbocycles. The predicted octanol–water partition coefficient (Wildman–Crippen LogP) is 6.20. The van der Waals surface area contributed by atoms with Gasteiger partial charge in [-0.3, -0.25) is 4.79 Å². The minimum atomic E-state index is -0.688. The number of rotatable bonds is 27. The molecule has 0 spiro atoms. The number of unbranched alkanes of at least 4 members (excludes halogenated alkanes) is 16. The van der Waals surface area contributed by atoms with Gasteiger partial charge in [0.1, 0.15) is 0 Å². The highest BCUT2D eigenvalue weighted by Gasteiger charge is 2.06. The first-order chi connectivity index (χ1) is 18.2. The van der Waals surface area contributed by atoms with Crippen LogP contribution in [0.4, 0.5) is 0 Å². The van der Waals surface area contributed by atoms with Crippen LogP contribution in [0, 0.1) is 23.7 Å². The van der Waals surface area contributed by atoms with Crippen LogP contribution in [0.15, 0.2) is 0 Å². The molecule has 0 radical (unpaired) electrons. The van der Waals surface area contributed by atoms with Crippen molar-refractivity contribution in [2.45, 2.75) is 135 Å². The normalized spacial score (nSPS) is 11.4. The highest BCUT2D eigenvalue weighted by molar-refractivity contribution is 5.66. The van der Waals surface area contributed by atoms with E-state index in [9.17, 15) is 4.79 Å². The Morgan fingerprint density at radius 3 is 1.62 bits per heavy atom. The van der Waals surface area contributed by atoms with Gasteiger partial charge in [0.15, 0.2) is 0 Å². The molecule has 0 aliphatic carbocycles. The van der Waals surface area contributed by atoms with Crippen molar-refractivity contribution < 1.29 is 19.4 Å². The highest BCUT2D eigenvalue weighted by atomic mass is 16.5. The van der Waals surface area contributed by atoms with Crippen molar-refractivity contribution in [2.75, 3.05) is 32.9 Å². The van der Waals surface area contributed by atoms with Crippen molar-refractivity contribution in [1.29, 1.82) is 0 Å². The van der Waals surface area contributed by atoms with Gasteiger partial charge in [0.25, 0.3) is 0 Å². The van der Waals surface area contributed by atoms with Crippen LogP contribution in [0.2, 0.25) is 0 Å². The maximum Gasteiger partial charge on any atom is 0.303 e. The maximum atomic E-state index is 10.4. The van der Waals surface area contributed by atoms with Crippen molar-refractivity contribution in [1.82, 2.24) is 0 Å². The second-order valence-corrected chi connectivity index (χ2v) is 9.82. The third kappa shape index (κ3) is 30.5. The molecule has 0 aromatic rings. The molecule has 0 rings (SSSR count). The smallest absolute Gasteiger partial charge is 0.303 e. The Bertz CT molecular complexity index is 618. The lowest BCUT2D eigenvalue weighted by Crippen LogP contribution is -2.25. The van der Waals surface area contributed by atoms with Gasteiger partial charge in [-0.15, -0.1) is 0 Å². The van der Waals surface area contributed by atoms with Crippen molar-refractivity contribution in [2.24, 2.45) is 11.5 Å². The second-order valence-electron chi connectivity index (χ2n) is 9.82. The summed E-state index contributed by atoms with van der Waals surface area (Å²) in [4.78, 5) is 10.4. The topological polar surface area (TPSA) is 108 Å². The molecule has 37 heavy (non-hydrogen) atoms. The summed E-state index contributed by atoms with van der Waals surface area (Å²) in [5, 5.41) is 8.59. The number of ether oxygens (including phenoxy) is 2. The number of aliphatic carboxylic acids is 1. The molecule has 1 atom stereocenters. The zero-order valence-electron chi connectivity index (χ0n) is 23.6. The number of carboxylic acids is 1. The van der Waals surface area contributed by atoms with E-state index in [4.69, 9.17) is 26.0 Å². The van der Waals surface area contributed by atoms with Crippen molar-refractivity contribution in [3.63, 3.8) is 0 Å². The van der Waals surface area contributed by atoms with Crippen LogP contribution >= 0.6 is 0 Å². The molecule has 5 N–H and O–H groups in total. The molecule has 0 fully saturated rings. The average molecular weight is 521 g/mol. The molecule has 0 aliphatic heterocycles. The summed E-state index contributed by atoms with van der Waals surface area (Å²) in [7, 11) is 0. The molecule has 214 valence electrons. The lowest BCUT2D eigenvalue weighted by Gasteiger charge is -2.16. The number of carboxylic acid groups (broad SMARTS) is 1. The number of carbonyl (C=O) groups is 1. The molecule has 0 heterocycles. The summed E-state index contributed by atoms with van der Waals surface area (Å²) in [6.07, 6.45) is 22.7. The second kappa shape index (κ2) is 30.7. The van der Waals surface area contributed by atoms with Gasteiger partial charge < -0.3 is 26.0 Å². The Kier molecular flexibility index (Phi) is 29.4. The molecule has 0 saturated carbocycles. The van der Waals surface area contributed by atoms with Gasteiger partial charge in [0.05, 0.1) is 25.9 Å². The minimum absolute atomic E-state index is 0.156. The van der Waals surface area contributed by atoms with Crippen LogP contribution in [0.5, 0.6) is 0 Å². The van der Waals surface area contributed by atoms with Gasteiger partial charge in [-0.05, 0) is 37.5 Å². The Labute approximate surface area is 228 Å². The first kappa shape index (κ1) is 35.4. The molecule has 6 heteroatoms. The summed E-state index contributed by atoms with van der Waals surface area (Å²) in [5.74, 6) is 11.6. The molecule has 0 bridgehead atoms. The van der Waals surface area contributed by atoms with Gasteiger partial charge >= 0.3 is 5.97 Å². The fourth-order valence-corrected chi connectivity index (χ4v) is 4.14. The Hall–Kier alpha value is -1.57. The molecular formula is C31H56N2O4. The molecule has 6 nitrogen and oxygen atoms in total. The maximum absolute atomic E-state index is 10.4. The summed E-state index contributed by atoms with van der Waals surface area (Å²) in [5.41, 5.74) is 11.2. The third-order valence-electron chi connectivity index (χ3n) is 6.37. The van der Waals surface area contributed by atoms with Crippen LogP contribution in [0.3, 0.4) is 0 Å². The quantitative estimate of drug-likeness (QED) is 0.0879. The lowest BCUT2D eigenvalue weighted by atomic mass is 10.0. The van der Waals surface area contributed by atoms with Gasteiger partial charge in [0, 0.05) is 32.4 Å². The molecule has 0 amide bonds. The average Bonchev–Trinajstić information content (AvgIpc) is 2.89. The highest BCUT2D eigenvalue weighted by Crippen LogP contribution is 2.13. The molecular weight excluding hydrogens is 464 g/mol. The van der Waals surface area contributed by atoms with Crippen molar-refractivity contribution >= 4 is 5.97 Å². The standard InChI is InChI=1S/C31H56N2O4/c32-25-26-36-27-28-37-30(29-33)23-21-19-17-15-13-11-9-7-5-3-1-2-4-6-8-10-12-14-16-18-20-22-24-31(34)35/h30H,1,3,5,7,9-29,32-33H2,(H,34,35). The first-order valence-corrected chi connectivity index (χ1v) is 15.0. The predicted molar refractivity (Wildman–Crippen MR) is 154 cm³/mol. The largest absolute Gasteiger partial charge is 0.481 e. The monoisotopic (exact) mass is 520 g/mol. The fourth-order valence-electron chi connectivity index (χ4n) is 4.14. The lowest BCUT2D eigenvalue weighted by molar-refractivity contribution is -0.137. The van der Waals surface area contributed by atoms with Gasteiger partial charge in [0.2, 0.25) is 0 Å². The van der Waals surface area contributed by atoms with E-state index in [2.05, 4.69) is 23.7 Å². The van der Waals surface area contributed by atoms with Crippen LogP contribution in [-0.2, 0) is 14.3 Å². The Balaban J connectivity index is 3.34. The van der Waals surface area contributed by atoms with E-state index in [1.165, 1.54) is 77.0 Å². The minimum Gasteiger partial charge on any atom is -0.481 e. The van der Waals surface area contributed by atoms with E-state index in [1.54, 1.807) is 0 Å². The van der Waals surface area contributed by atoms with E-state index in [0.717, 1.165) is 44.9 Å². The Morgan fingerprint density at radius 2 is 1.14 bits per heavy atom. The van der Waals surface area contributed by atoms with Gasteiger partial charge in [-0.25, -0.2) is 0 Å². The van der Waals surface area contributed by atoms with E-state index in [-0.39, 0.29) is 6.10 Å². The van der Waals surface area contributed by atoms with E-state index >= 15 is 0 Å². The van der Waals surface area contributed by atoms with Crippen LogP contribution in [0.25, 0.3) is 0 Å². The first-order valence-electron chi connectivity index (χ1n) is 15.0. The van der Waals surface area contributed by atoms with Crippen LogP contribution in [0.1, 0.15) is 128 Å². The summed E-state index contributed by atoms with van der Waals surface area (Å²) >= 11 is 0. The van der Waals surface area contributed by atoms with Gasteiger partial charge in [-0.1, -0.05) is 95.3 Å². The van der Waals surface area contributed by atoms with Crippen LogP contribution in [-0.4, -0.2) is 50.1 Å². The van der Waals surface area contributed by atoms with Crippen molar-refractivity contribution in [3.8, 4) is 23.7 Å². The van der Waals surface area contributed by atoms with E-state index in [0.29, 0.717) is 39.3 Å². The molecule has 0 saturated heterocycles. The third-order valence-corrected chi connectivity index (χ3v) is 6.37. The number of hydrogen-bond donors (Lipinski definition) is 3. The zero-order valence-corrected chi connectivity index (χ0v) is 23.6. The summed E-state index contributed by atoms with van der Waals surface area (Å²) in [6, 6.07) is 0. The fraction of sp³-hybridized carbons (Fsp3) is 0.839. The number of hydrogen-bond acceptors (Lipinski definition) is 5. The van der Waals surface area contributed by atoms with E-state index in [1.807, 2.05) is 0 Å². The Morgan fingerprint density at radius 1 is 0.649 bits per heavy atom. The SMILES string of the molecule is NCCOCCOC(CN)CCCCCCCCCCCCC#CC#CCCCCCCCCC(=O)O.